The third-order valence-corrected chi connectivity index (χ3v) is 5.50. The molecule has 1 N–H and O–H groups in total. The second-order valence-corrected chi connectivity index (χ2v) is 6.93. The van der Waals surface area contributed by atoms with Gasteiger partial charge in [0, 0.05) is 17.0 Å². The average Bonchev–Trinajstić information content (AvgIpc) is 2.37. The Bertz CT molecular complexity index is 178. The fourth-order valence-corrected chi connectivity index (χ4v) is 4.06. The molecule has 0 spiro atoms. The number of hydrogen-bond donors (Lipinski definition) is 1. The van der Waals surface area contributed by atoms with E-state index in [1.807, 2.05) is 0 Å². The summed E-state index contributed by atoms with van der Waals surface area (Å²) in [6.45, 7) is 8.04. The Morgan fingerprint density at radius 1 is 1.18 bits per heavy atom. The highest BCUT2D eigenvalue weighted by molar-refractivity contribution is 7.99. The Morgan fingerprint density at radius 3 is 2.47 bits per heavy atom. The maximum atomic E-state index is 3.67. The minimum atomic E-state index is 0.738. The molecule has 2 atom stereocenters. The van der Waals surface area contributed by atoms with E-state index in [2.05, 4.69) is 37.8 Å². The molecule has 0 aliphatic heterocycles. The molecule has 0 amide bonds. The second-order valence-electron chi connectivity index (χ2n) is 5.60. The fraction of sp³-hybridized carbons (Fsp3) is 1.00. The molecule has 0 saturated heterocycles. The van der Waals surface area contributed by atoms with E-state index in [1.165, 1.54) is 50.7 Å². The van der Waals surface area contributed by atoms with Gasteiger partial charge in [0.15, 0.2) is 0 Å². The van der Waals surface area contributed by atoms with Gasteiger partial charge in [-0.05, 0) is 31.7 Å². The maximum absolute atomic E-state index is 3.67. The summed E-state index contributed by atoms with van der Waals surface area (Å²) in [6, 6.07) is 0.738. The third-order valence-electron chi connectivity index (χ3n) is 3.96. The van der Waals surface area contributed by atoms with Gasteiger partial charge in [-0.1, -0.05) is 46.5 Å². The molecule has 1 saturated carbocycles. The largest absolute Gasteiger partial charge is 0.313 e. The summed E-state index contributed by atoms with van der Waals surface area (Å²) in [6.07, 6.45) is 10.0. The lowest BCUT2D eigenvalue weighted by Crippen LogP contribution is -2.33. The zero-order valence-corrected chi connectivity index (χ0v) is 12.8. The van der Waals surface area contributed by atoms with Crippen molar-refractivity contribution in [3.8, 4) is 0 Å². The number of hydrogen-bond acceptors (Lipinski definition) is 2. The first-order valence-electron chi connectivity index (χ1n) is 7.61. The summed E-state index contributed by atoms with van der Waals surface area (Å²) < 4.78 is 0. The van der Waals surface area contributed by atoms with E-state index in [9.17, 15) is 0 Å². The van der Waals surface area contributed by atoms with Crippen LogP contribution in [0.1, 0.15) is 65.7 Å². The topological polar surface area (TPSA) is 12.0 Å². The van der Waals surface area contributed by atoms with Crippen molar-refractivity contribution in [1.82, 2.24) is 5.32 Å². The van der Waals surface area contributed by atoms with Gasteiger partial charge in [0.2, 0.25) is 0 Å². The van der Waals surface area contributed by atoms with Gasteiger partial charge in [0.05, 0.1) is 0 Å². The summed E-state index contributed by atoms with van der Waals surface area (Å²) in [4.78, 5) is 0. The minimum Gasteiger partial charge on any atom is -0.313 e. The van der Waals surface area contributed by atoms with Crippen LogP contribution in [-0.2, 0) is 0 Å². The smallest absolute Gasteiger partial charge is 0.0160 e. The summed E-state index contributed by atoms with van der Waals surface area (Å²) in [5.41, 5.74) is 0. The molecule has 0 bridgehead atoms. The first kappa shape index (κ1) is 15.4. The van der Waals surface area contributed by atoms with Crippen LogP contribution in [0.5, 0.6) is 0 Å². The first-order chi connectivity index (χ1) is 8.26. The normalized spacial score (nSPS) is 21.4. The molecule has 0 heterocycles. The predicted octanol–water partition coefficient (Wildman–Crippen LogP) is 4.47. The van der Waals surface area contributed by atoms with Crippen molar-refractivity contribution in [3.05, 3.63) is 0 Å². The number of rotatable bonds is 8. The van der Waals surface area contributed by atoms with Crippen LogP contribution in [0.15, 0.2) is 0 Å². The van der Waals surface area contributed by atoms with Crippen LogP contribution in [-0.4, -0.2) is 23.6 Å². The monoisotopic (exact) mass is 257 g/mol. The molecule has 2 heteroatoms. The highest BCUT2D eigenvalue weighted by Gasteiger charge is 2.17. The Labute approximate surface area is 113 Å². The van der Waals surface area contributed by atoms with E-state index < -0.39 is 0 Å². The molecule has 2 unspecified atom stereocenters. The molecule has 0 aromatic rings. The molecule has 0 aromatic carbocycles. The molecule has 1 aliphatic rings. The van der Waals surface area contributed by atoms with Gasteiger partial charge in [-0.25, -0.2) is 0 Å². The van der Waals surface area contributed by atoms with Gasteiger partial charge < -0.3 is 5.32 Å². The molecule has 1 nitrogen and oxygen atoms in total. The Balaban J connectivity index is 2.22. The van der Waals surface area contributed by atoms with Gasteiger partial charge in [0.1, 0.15) is 0 Å². The SMILES string of the molecule is CCNC(CSC1CCCCC1)CC(C)CC. The summed E-state index contributed by atoms with van der Waals surface area (Å²) in [5.74, 6) is 2.19. The molecular weight excluding hydrogens is 226 g/mol. The standard InChI is InChI=1S/C15H31NS/c1-4-13(3)11-14(16-5-2)12-17-15-9-7-6-8-10-15/h13-16H,4-12H2,1-3H3. The van der Waals surface area contributed by atoms with Crippen LogP contribution in [0.3, 0.4) is 0 Å². The molecule has 0 aromatic heterocycles. The summed E-state index contributed by atoms with van der Waals surface area (Å²) >= 11 is 2.24. The van der Waals surface area contributed by atoms with Gasteiger partial charge in [-0.3, -0.25) is 0 Å². The maximum Gasteiger partial charge on any atom is 0.0160 e. The third kappa shape index (κ3) is 6.71. The van der Waals surface area contributed by atoms with Crippen LogP contribution in [0.2, 0.25) is 0 Å². The molecule has 1 fully saturated rings. The van der Waals surface area contributed by atoms with E-state index in [1.54, 1.807) is 0 Å². The molecule has 17 heavy (non-hydrogen) atoms. The van der Waals surface area contributed by atoms with Crippen molar-refractivity contribution in [2.24, 2.45) is 5.92 Å². The lowest BCUT2D eigenvalue weighted by Gasteiger charge is -2.25. The molecular formula is C15H31NS. The van der Waals surface area contributed by atoms with Crippen molar-refractivity contribution in [3.63, 3.8) is 0 Å². The van der Waals surface area contributed by atoms with E-state index in [-0.39, 0.29) is 0 Å². The highest BCUT2D eigenvalue weighted by atomic mass is 32.2. The van der Waals surface area contributed by atoms with E-state index in [0.29, 0.717) is 0 Å². The van der Waals surface area contributed by atoms with Crippen molar-refractivity contribution in [2.75, 3.05) is 12.3 Å². The predicted molar refractivity (Wildman–Crippen MR) is 80.9 cm³/mol. The molecule has 1 aliphatic carbocycles. The Kier molecular flexibility index (Phi) is 8.38. The van der Waals surface area contributed by atoms with E-state index in [4.69, 9.17) is 0 Å². The van der Waals surface area contributed by atoms with Crippen LogP contribution in [0, 0.1) is 5.92 Å². The highest BCUT2D eigenvalue weighted by Crippen LogP contribution is 2.29. The lowest BCUT2D eigenvalue weighted by molar-refractivity contribution is 0.422. The Morgan fingerprint density at radius 2 is 1.88 bits per heavy atom. The zero-order chi connectivity index (χ0) is 12.5. The second kappa shape index (κ2) is 9.27. The van der Waals surface area contributed by atoms with Crippen LogP contribution < -0.4 is 5.32 Å². The summed E-state index contributed by atoms with van der Waals surface area (Å²) in [5, 5.41) is 4.63. The van der Waals surface area contributed by atoms with Gasteiger partial charge in [-0.2, -0.15) is 11.8 Å². The average molecular weight is 257 g/mol. The van der Waals surface area contributed by atoms with Crippen molar-refractivity contribution in [1.29, 1.82) is 0 Å². The Hall–Kier alpha value is 0.310. The molecule has 1 rings (SSSR count). The van der Waals surface area contributed by atoms with Gasteiger partial charge in [-0.15, -0.1) is 0 Å². The van der Waals surface area contributed by atoms with Crippen molar-refractivity contribution in [2.45, 2.75) is 77.0 Å². The lowest BCUT2D eigenvalue weighted by atomic mass is 10.00. The molecule has 102 valence electrons. The first-order valence-corrected chi connectivity index (χ1v) is 8.66. The van der Waals surface area contributed by atoms with Crippen molar-refractivity contribution >= 4 is 11.8 Å². The quantitative estimate of drug-likeness (QED) is 0.688. The number of thioether (sulfide) groups is 1. The number of nitrogens with one attached hydrogen (secondary N) is 1. The van der Waals surface area contributed by atoms with Gasteiger partial charge >= 0.3 is 0 Å². The van der Waals surface area contributed by atoms with E-state index >= 15 is 0 Å². The zero-order valence-electron chi connectivity index (χ0n) is 12.0. The fourth-order valence-electron chi connectivity index (χ4n) is 2.64. The summed E-state index contributed by atoms with van der Waals surface area (Å²) in [7, 11) is 0. The van der Waals surface area contributed by atoms with Crippen LogP contribution in [0.25, 0.3) is 0 Å². The van der Waals surface area contributed by atoms with Crippen molar-refractivity contribution < 1.29 is 0 Å². The van der Waals surface area contributed by atoms with E-state index in [0.717, 1.165) is 23.8 Å². The van der Waals surface area contributed by atoms with Crippen LogP contribution >= 0.6 is 11.8 Å². The molecule has 0 radical (unpaired) electrons. The minimum absolute atomic E-state index is 0.738. The van der Waals surface area contributed by atoms with Crippen LogP contribution in [0.4, 0.5) is 0 Å². The van der Waals surface area contributed by atoms with Gasteiger partial charge in [0.25, 0.3) is 0 Å².